The van der Waals surface area contributed by atoms with Gasteiger partial charge in [-0.05, 0) is 0 Å². The molecule has 27 heavy (non-hydrogen) atoms. The summed E-state index contributed by atoms with van der Waals surface area (Å²) in [5, 5.41) is 0. The molecular weight excluding hydrogens is 492 g/mol. The Balaban J connectivity index is 3.36. The Labute approximate surface area is 163 Å². The number of allylic oxidation sites excluding steroid dienone is 3. The van der Waals surface area contributed by atoms with E-state index in [9.17, 15) is 26.4 Å². The van der Waals surface area contributed by atoms with E-state index in [0.717, 1.165) is 7.11 Å². The molecule has 0 radical (unpaired) electrons. The van der Waals surface area contributed by atoms with Gasteiger partial charge in [-0.2, -0.15) is 0 Å². The maximum absolute atomic E-state index is 12.7. The zero-order valence-electron chi connectivity index (χ0n) is 16.4. The van der Waals surface area contributed by atoms with E-state index in [1.807, 2.05) is 19.9 Å². The average Bonchev–Trinajstić information content (AvgIpc) is 2.86. The summed E-state index contributed by atoms with van der Waals surface area (Å²) in [6.07, 6.45) is 3.50. The van der Waals surface area contributed by atoms with Crippen molar-refractivity contribution in [1.82, 2.24) is 0 Å². The van der Waals surface area contributed by atoms with Crippen LogP contribution in [0.5, 0.6) is 0 Å². The first-order valence-corrected chi connectivity index (χ1v) is 20.0. The van der Waals surface area contributed by atoms with Crippen molar-refractivity contribution in [2.75, 3.05) is 7.11 Å². The van der Waals surface area contributed by atoms with Gasteiger partial charge in [0.25, 0.3) is 0 Å². The first-order valence-electron chi connectivity index (χ1n) is 8.59. The molecule has 0 bridgehead atoms. The summed E-state index contributed by atoms with van der Waals surface area (Å²) in [5.74, 6) is -1.08. The normalized spacial score (nSPS) is 22.0. The van der Waals surface area contributed by atoms with Crippen molar-refractivity contribution in [3.05, 3.63) is 21.5 Å². The Hall–Kier alpha value is -0.711. The Morgan fingerprint density at radius 3 is 2.30 bits per heavy atom. The zero-order chi connectivity index (χ0) is 21.3. The van der Waals surface area contributed by atoms with Gasteiger partial charge in [-0.1, -0.05) is 0 Å². The van der Waals surface area contributed by atoms with Crippen molar-refractivity contribution in [3.63, 3.8) is 0 Å². The quantitative estimate of drug-likeness (QED) is 0.214. The fourth-order valence-corrected chi connectivity index (χ4v) is 11.0. The SMILES string of the molecule is COC(=O)[C@]1(C/C=[C](/C(C)C)[Sn]([CH3])([CH3])[CH3])CCC=C1OS(=O)(=O)C(F)(F)F. The second kappa shape index (κ2) is 8.34. The summed E-state index contributed by atoms with van der Waals surface area (Å²) in [4.78, 5) is 19.1. The molecule has 1 aliphatic rings. The molecular formula is C17H27F3O5SSn. The van der Waals surface area contributed by atoms with E-state index in [4.69, 9.17) is 4.74 Å². The van der Waals surface area contributed by atoms with Crippen LogP contribution in [0.1, 0.15) is 33.1 Å². The molecule has 0 heterocycles. The number of hydrogen-bond acceptors (Lipinski definition) is 5. The van der Waals surface area contributed by atoms with Crippen molar-refractivity contribution < 1.29 is 35.3 Å². The van der Waals surface area contributed by atoms with Gasteiger partial charge in [-0.25, -0.2) is 0 Å². The number of ether oxygens (including phenoxy) is 1. The zero-order valence-corrected chi connectivity index (χ0v) is 20.1. The maximum atomic E-state index is 12.7. The number of carbonyl (C=O) groups is 1. The van der Waals surface area contributed by atoms with Gasteiger partial charge in [0.2, 0.25) is 0 Å². The summed E-state index contributed by atoms with van der Waals surface area (Å²) < 4.78 is 71.5. The van der Waals surface area contributed by atoms with E-state index < -0.39 is 51.1 Å². The molecule has 0 saturated carbocycles. The minimum atomic E-state index is -5.86. The van der Waals surface area contributed by atoms with Gasteiger partial charge in [0, 0.05) is 0 Å². The third-order valence-electron chi connectivity index (χ3n) is 4.59. The first kappa shape index (κ1) is 24.3. The molecule has 156 valence electrons. The van der Waals surface area contributed by atoms with Gasteiger partial charge in [-0.15, -0.1) is 0 Å². The molecule has 0 unspecified atom stereocenters. The third-order valence-corrected chi connectivity index (χ3v) is 12.7. The molecule has 0 saturated heterocycles. The molecule has 0 aromatic heterocycles. The third kappa shape index (κ3) is 5.42. The van der Waals surface area contributed by atoms with E-state index in [0.29, 0.717) is 0 Å². The van der Waals surface area contributed by atoms with Gasteiger partial charge in [0.1, 0.15) is 0 Å². The van der Waals surface area contributed by atoms with E-state index in [1.54, 1.807) is 0 Å². The van der Waals surface area contributed by atoms with E-state index in [2.05, 4.69) is 19.0 Å². The average molecular weight is 519 g/mol. The van der Waals surface area contributed by atoms with E-state index >= 15 is 0 Å². The first-order chi connectivity index (χ1) is 12.1. The summed E-state index contributed by atoms with van der Waals surface area (Å²) in [6.45, 7) is 4.05. The number of alkyl halides is 3. The summed E-state index contributed by atoms with van der Waals surface area (Å²) in [7, 11) is -4.74. The molecule has 0 aliphatic heterocycles. The molecule has 0 aromatic rings. The van der Waals surface area contributed by atoms with Crippen molar-refractivity contribution in [3.8, 4) is 0 Å². The van der Waals surface area contributed by atoms with Crippen LogP contribution >= 0.6 is 0 Å². The second-order valence-electron chi connectivity index (χ2n) is 7.93. The van der Waals surface area contributed by atoms with Crippen LogP contribution in [0.15, 0.2) is 21.5 Å². The number of hydrogen-bond donors (Lipinski definition) is 0. The minimum absolute atomic E-state index is 0.0422. The van der Waals surface area contributed by atoms with Crippen molar-refractivity contribution in [1.29, 1.82) is 0 Å². The summed E-state index contributed by atoms with van der Waals surface area (Å²) in [6, 6.07) is 0. The van der Waals surface area contributed by atoms with Crippen molar-refractivity contribution in [2.45, 2.75) is 53.4 Å². The van der Waals surface area contributed by atoms with Gasteiger partial charge < -0.3 is 0 Å². The molecule has 1 rings (SSSR count). The number of esters is 1. The predicted octanol–water partition coefficient (Wildman–Crippen LogP) is 4.54. The van der Waals surface area contributed by atoms with Crippen LogP contribution < -0.4 is 0 Å². The van der Waals surface area contributed by atoms with E-state index in [-0.39, 0.29) is 25.2 Å². The van der Waals surface area contributed by atoms with Crippen LogP contribution in [0.4, 0.5) is 13.2 Å². The number of carbonyl (C=O) groups excluding carboxylic acids is 1. The van der Waals surface area contributed by atoms with Gasteiger partial charge in [-0.3, -0.25) is 0 Å². The fourth-order valence-electron chi connectivity index (χ4n) is 3.42. The Morgan fingerprint density at radius 1 is 1.33 bits per heavy atom. The second-order valence-corrected chi connectivity index (χ2v) is 24.0. The molecule has 5 nitrogen and oxygen atoms in total. The predicted molar refractivity (Wildman–Crippen MR) is 98.7 cm³/mol. The number of halogens is 3. The molecule has 0 fully saturated rings. The van der Waals surface area contributed by atoms with Crippen molar-refractivity contribution >= 4 is 34.5 Å². The fraction of sp³-hybridized carbons (Fsp3) is 0.706. The van der Waals surface area contributed by atoms with Crippen LogP contribution in [0, 0.1) is 11.3 Å². The van der Waals surface area contributed by atoms with Crippen LogP contribution in [0.25, 0.3) is 0 Å². The van der Waals surface area contributed by atoms with Gasteiger partial charge >= 0.3 is 163 Å². The van der Waals surface area contributed by atoms with Crippen molar-refractivity contribution in [2.24, 2.45) is 11.3 Å². The van der Waals surface area contributed by atoms with E-state index in [1.165, 1.54) is 9.67 Å². The molecule has 0 aromatic carbocycles. The molecule has 0 amide bonds. The Kier molecular flexibility index (Phi) is 7.52. The molecule has 0 N–H and O–H groups in total. The van der Waals surface area contributed by atoms with Gasteiger partial charge in [0.15, 0.2) is 0 Å². The monoisotopic (exact) mass is 520 g/mol. The topological polar surface area (TPSA) is 69.7 Å². The number of rotatable bonds is 7. The van der Waals surface area contributed by atoms with Crippen LogP contribution in [0.3, 0.4) is 0 Å². The standard InChI is InChI=1S/C14H18F3O5S.3CH3.Sn/c1-10(2)6-4-8-13(12(18)21-3)9-5-7-11(13)22-23(19,20)14(15,16)17;;;;/h4,7,10H,5,8-9H2,1-3H3;3*1H3;/t13-;;;;/m1..../s1. The molecule has 0 spiro atoms. The summed E-state index contributed by atoms with van der Waals surface area (Å²) >= 11 is -2.53. The molecule has 10 heteroatoms. The molecule has 1 aliphatic carbocycles. The van der Waals surface area contributed by atoms with Crippen LogP contribution in [-0.4, -0.2) is 45.4 Å². The Bertz CT molecular complexity index is 733. The van der Waals surface area contributed by atoms with Crippen LogP contribution in [-0.2, 0) is 23.8 Å². The number of methoxy groups -OCH3 is 1. The summed E-state index contributed by atoms with van der Waals surface area (Å²) in [5.41, 5.74) is -7.14. The van der Waals surface area contributed by atoms with Gasteiger partial charge in [0.05, 0.1) is 0 Å². The molecule has 1 atom stereocenters. The Morgan fingerprint density at radius 2 is 1.89 bits per heavy atom. The van der Waals surface area contributed by atoms with Crippen LogP contribution in [0.2, 0.25) is 14.8 Å².